The van der Waals surface area contributed by atoms with E-state index in [2.05, 4.69) is 16.8 Å². The molecule has 1 heterocycles. The third-order valence-electron chi connectivity index (χ3n) is 2.98. The van der Waals surface area contributed by atoms with E-state index in [0.717, 1.165) is 37.8 Å². The van der Waals surface area contributed by atoms with E-state index in [4.69, 9.17) is 5.26 Å². The van der Waals surface area contributed by atoms with Gasteiger partial charge in [-0.05, 0) is 31.2 Å². The first-order chi connectivity index (χ1) is 7.31. The van der Waals surface area contributed by atoms with Crippen molar-refractivity contribution >= 4 is 0 Å². The molecule has 0 aliphatic heterocycles. The average Bonchev–Trinajstić information content (AvgIpc) is 2.63. The number of hydrogen-bond acceptors (Lipinski definition) is 2. The molecule has 2 rings (SSSR count). The van der Waals surface area contributed by atoms with Crippen molar-refractivity contribution in [2.45, 2.75) is 44.8 Å². The molecule has 3 heteroatoms. The molecule has 1 N–H and O–H groups in total. The van der Waals surface area contributed by atoms with Gasteiger partial charge in [-0.25, -0.2) is 0 Å². The van der Waals surface area contributed by atoms with Crippen molar-refractivity contribution in [1.82, 2.24) is 4.57 Å². The molecule has 1 unspecified atom stereocenters. The maximum absolute atomic E-state index is 9.78. The van der Waals surface area contributed by atoms with Gasteiger partial charge in [0.2, 0.25) is 0 Å². The van der Waals surface area contributed by atoms with Crippen LogP contribution in [0.25, 0.3) is 0 Å². The molecular formula is C12H16N2O. The Morgan fingerprint density at radius 1 is 1.53 bits per heavy atom. The van der Waals surface area contributed by atoms with Gasteiger partial charge < -0.3 is 9.67 Å². The lowest BCUT2D eigenvalue weighted by Crippen LogP contribution is -2.05. The van der Waals surface area contributed by atoms with Gasteiger partial charge in [0.1, 0.15) is 0 Å². The SMILES string of the molecule is N#CCCCn1cc2c(c1)C(O)CCC2. The van der Waals surface area contributed by atoms with Gasteiger partial charge in [-0.2, -0.15) is 5.26 Å². The second-order valence-electron chi connectivity index (χ2n) is 4.15. The van der Waals surface area contributed by atoms with Crippen molar-refractivity contribution in [2.75, 3.05) is 0 Å². The monoisotopic (exact) mass is 204 g/mol. The smallest absolute Gasteiger partial charge is 0.0807 e. The van der Waals surface area contributed by atoms with Gasteiger partial charge in [0, 0.05) is 30.9 Å². The highest BCUT2D eigenvalue weighted by Crippen LogP contribution is 2.30. The summed E-state index contributed by atoms with van der Waals surface area (Å²) in [5.74, 6) is 0. The Morgan fingerprint density at radius 2 is 2.40 bits per heavy atom. The summed E-state index contributed by atoms with van der Waals surface area (Å²) in [6, 6.07) is 2.15. The van der Waals surface area contributed by atoms with E-state index >= 15 is 0 Å². The zero-order valence-corrected chi connectivity index (χ0v) is 8.82. The number of nitriles is 1. The van der Waals surface area contributed by atoms with E-state index in [1.165, 1.54) is 5.56 Å². The summed E-state index contributed by atoms with van der Waals surface area (Å²) < 4.78 is 2.11. The first-order valence-corrected chi connectivity index (χ1v) is 5.55. The summed E-state index contributed by atoms with van der Waals surface area (Å²) in [4.78, 5) is 0. The van der Waals surface area contributed by atoms with Gasteiger partial charge in [0.05, 0.1) is 12.2 Å². The Labute approximate surface area is 90.0 Å². The lowest BCUT2D eigenvalue weighted by atomic mass is 9.93. The third-order valence-corrected chi connectivity index (χ3v) is 2.98. The Balaban J connectivity index is 2.05. The number of fused-ring (bicyclic) bond motifs is 1. The fourth-order valence-electron chi connectivity index (χ4n) is 2.19. The van der Waals surface area contributed by atoms with E-state index in [1.807, 2.05) is 6.20 Å². The molecule has 80 valence electrons. The number of rotatable bonds is 3. The van der Waals surface area contributed by atoms with Crippen LogP contribution < -0.4 is 0 Å². The first-order valence-electron chi connectivity index (χ1n) is 5.55. The fraction of sp³-hybridized carbons (Fsp3) is 0.583. The van der Waals surface area contributed by atoms with Crippen molar-refractivity contribution < 1.29 is 5.11 Å². The summed E-state index contributed by atoms with van der Waals surface area (Å²) in [7, 11) is 0. The zero-order valence-electron chi connectivity index (χ0n) is 8.82. The van der Waals surface area contributed by atoms with Gasteiger partial charge in [0.15, 0.2) is 0 Å². The molecular weight excluding hydrogens is 188 g/mol. The highest BCUT2D eigenvalue weighted by Gasteiger charge is 2.19. The van der Waals surface area contributed by atoms with Crippen molar-refractivity contribution in [3.8, 4) is 6.07 Å². The molecule has 0 saturated carbocycles. The Morgan fingerprint density at radius 3 is 3.13 bits per heavy atom. The van der Waals surface area contributed by atoms with Crippen molar-refractivity contribution in [2.24, 2.45) is 0 Å². The van der Waals surface area contributed by atoms with E-state index in [9.17, 15) is 5.11 Å². The average molecular weight is 204 g/mol. The number of nitrogens with zero attached hydrogens (tertiary/aromatic N) is 2. The molecule has 0 bridgehead atoms. The van der Waals surface area contributed by atoms with E-state index in [-0.39, 0.29) is 6.10 Å². The molecule has 1 aliphatic carbocycles. The second kappa shape index (κ2) is 4.50. The van der Waals surface area contributed by atoms with Gasteiger partial charge in [0.25, 0.3) is 0 Å². The highest BCUT2D eigenvalue weighted by molar-refractivity contribution is 5.28. The first kappa shape index (κ1) is 10.3. The minimum absolute atomic E-state index is 0.272. The minimum Gasteiger partial charge on any atom is -0.388 e. The van der Waals surface area contributed by atoms with Gasteiger partial charge >= 0.3 is 0 Å². The summed E-state index contributed by atoms with van der Waals surface area (Å²) in [5, 5.41) is 18.2. The van der Waals surface area contributed by atoms with Crippen molar-refractivity contribution in [3.05, 3.63) is 23.5 Å². The van der Waals surface area contributed by atoms with E-state index < -0.39 is 0 Å². The van der Waals surface area contributed by atoms with Gasteiger partial charge in [-0.3, -0.25) is 0 Å². The number of aliphatic hydroxyl groups excluding tert-OH is 1. The predicted molar refractivity (Wildman–Crippen MR) is 57.2 cm³/mol. The van der Waals surface area contributed by atoms with Crippen LogP contribution in [0.15, 0.2) is 12.4 Å². The molecule has 1 aliphatic rings. The van der Waals surface area contributed by atoms with Crippen LogP contribution in [0.1, 0.15) is 42.9 Å². The maximum atomic E-state index is 9.78. The van der Waals surface area contributed by atoms with Gasteiger partial charge in [-0.15, -0.1) is 0 Å². The van der Waals surface area contributed by atoms with Crippen LogP contribution in [0.3, 0.4) is 0 Å². The zero-order chi connectivity index (χ0) is 10.7. The Hall–Kier alpha value is -1.27. The number of aromatic nitrogens is 1. The number of hydrogen-bond donors (Lipinski definition) is 1. The van der Waals surface area contributed by atoms with Crippen molar-refractivity contribution in [3.63, 3.8) is 0 Å². The number of aryl methyl sites for hydroxylation is 2. The van der Waals surface area contributed by atoms with Crippen LogP contribution >= 0.6 is 0 Å². The van der Waals surface area contributed by atoms with Gasteiger partial charge in [-0.1, -0.05) is 0 Å². The number of aliphatic hydroxyl groups is 1. The normalized spacial score (nSPS) is 19.6. The van der Waals surface area contributed by atoms with Crippen LogP contribution in [-0.2, 0) is 13.0 Å². The Bertz CT molecular complexity index is 375. The summed E-state index contributed by atoms with van der Waals surface area (Å²) in [6.45, 7) is 0.882. The minimum atomic E-state index is -0.272. The molecule has 1 aromatic rings. The van der Waals surface area contributed by atoms with E-state index in [0.29, 0.717) is 6.42 Å². The lowest BCUT2D eigenvalue weighted by molar-refractivity contribution is 0.157. The molecule has 0 saturated heterocycles. The summed E-state index contributed by atoms with van der Waals surface area (Å²) in [6.07, 6.45) is 8.42. The van der Waals surface area contributed by atoms with E-state index in [1.54, 1.807) is 0 Å². The van der Waals surface area contributed by atoms with Crippen LogP contribution in [0, 0.1) is 11.3 Å². The standard InChI is InChI=1S/C12H16N2O/c13-6-1-2-7-14-8-10-4-3-5-12(15)11(10)9-14/h8-9,12,15H,1-5,7H2. The molecule has 3 nitrogen and oxygen atoms in total. The quantitative estimate of drug-likeness (QED) is 0.767. The molecule has 1 atom stereocenters. The van der Waals surface area contributed by atoms with Crippen molar-refractivity contribution in [1.29, 1.82) is 5.26 Å². The molecule has 0 aromatic carbocycles. The molecule has 0 spiro atoms. The molecule has 1 aromatic heterocycles. The predicted octanol–water partition coefficient (Wildman–Crippen LogP) is 2.16. The number of unbranched alkanes of at least 4 members (excludes halogenated alkanes) is 1. The molecule has 0 amide bonds. The Kier molecular flexibility index (Phi) is 3.08. The summed E-state index contributed by atoms with van der Waals surface area (Å²) >= 11 is 0. The van der Waals surface area contributed by atoms with Crippen LogP contribution in [0.2, 0.25) is 0 Å². The fourth-order valence-corrected chi connectivity index (χ4v) is 2.19. The molecule has 15 heavy (non-hydrogen) atoms. The summed E-state index contributed by atoms with van der Waals surface area (Å²) in [5.41, 5.74) is 2.38. The molecule has 0 radical (unpaired) electrons. The van der Waals surface area contributed by atoms with Crippen LogP contribution in [-0.4, -0.2) is 9.67 Å². The molecule has 0 fully saturated rings. The second-order valence-corrected chi connectivity index (χ2v) is 4.15. The lowest BCUT2D eigenvalue weighted by Gasteiger charge is -2.16. The third kappa shape index (κ3) is 2.21. The highest BCUT2D eigenvalue weighted by atomic mass is 16.3. The van der Waals surface area contributed by atoms with Crippen LogP contribution in [0.5, 0.6) is 0 Å². The largest absolute Gasteiger partial charge is 0.388 e. The van der Waals surface area contributed by atoms with Crippen LogP contribution in [0.4, 0.5) is 0 Å². The topological polar surface area (TPSA) is 49.0 Å². The maximum Gasteiger partial charge on any atom is 0.0807 e.